The number of aryl methyl sites for hydroxylation is 2. The van der Waals surface area contributed by atoms with Crippen LogP contribution in [0.15, 0.2) is 42.5 Å². The van der Waals surface area contributed by atoms with E-state index in [1.165, 1.54) is 0 Å². The summed E-state index contributed by atoms with van der Waals surface area (Å²) in [6, 6.07) is 13.4. The van der Waals surface area contributed by atoms with Gasteiger partial charge in [-0.15, -0.1) is 0 Å². The molecule has 3 rings (SSSR count). The lowest BCUT2D eigenvalue weighted by Crippen LogP contribution is -2.28. The van der Waals surface area contributed by atoms with Gasteiger partial charge >= 0.3 is 0 Å². The van der Waals surface area contributed by atoms with Gasteiger partial charge in [0.2, 0.25) is 5.91 Å². The molecule has 0 heterocycles. The van der Waals surface area contributed by atoms with Crippen LogP contribution in [0.3, 0.4) is 0 Å². The minimum Gasteiger partial charge on any atom is -0.483 e. The van der Waals surface area contributed by atoms with Crippen LogP contribution in [-0.4, -0.2) is 18.4 Å². The fourth-order valence-corrected chi connectivity index (χ4v) is 2.77. The third-order valence-corrected chi connectivity index (χ3v) is 4.39. The van der Waals surface area contributed by atoms with E-state index >= 15 is 0 Å². The summed E-state index contributed by atoms with van der Waals surface area (Å²) in [5, 5.41) is 5.76. The highest BCUT2D eigenvalue weighted by Crippen LogP contribution is 2.30. The Morgan fingerprint density at radius 1 is 1.08 bits per heavy atom. The molecule has 0 radical (unpaired) electrons. The average Bonchev–Trinajstić information content (AvgIpc) is 3.45. The molecular weight excluding hydrogens is 328 g/mol. The van der Waals surface area contributed by atoms with Crippen molar-refractivity contribution in [2.24, 2.45) is 5.92 Å². The number of hydrogen-bond acceptors (Lipinski definition) is 3. The largest absolute Gasteiger partial charge is 0.483 e. The molecule has 0 saturated heterocycles. The average molecular weight is 352 g/mol. The Bertz CT molecular complexity index is 792. The number of para-hydroxylation sites is 1. The minimum absolute atomic E-state index is 0.0240. The summed E-state index contributed by atoms with van der Waals surface area (Å²) in [5.74, 6) is 0.820. The zero-order valence-corrected chi connectivity index (χ0v) is 15.2. The number of rotatable bonds is 7. The van der Waals surface area contributed by atoms with Gasteiger partial charge in [0.05, 0.1) is 0 Å². The lowest BCUT2D eigenvalue weighted by atomic mass is 10.1. The maximum absolute atomic E-state index is 12.1. The predicted molar refractivity (Wildman–Crippen MR) is 101 cm³/mol. The SMILES string of the molecule is Cc1cccc(C)c1OCC(=O)NCc1cccc(NC(=O)C2CC2)c1. The van der Waals surface area contributed by atoms with E-state index in [0.29, 0.717) is 6.54 Å². The van der Waals surface area contributed by atoms with Gasteiger partial charge in [0, 0.05) is 18.2 Å². The lowest BCUT2D eigenvalue weighted by Gasteiger charge is -2.12. The molecule has 1 saturated carbocycles. The van der Waals surface area contributed by atoms with E-state index in [9.17, 15) is 9.59 Å². The molecule has 136 valence electrons. The van der Waals surface area contributed by atoms with Crippen LogP contribution in [0.1, 0.15) is 29.5 Å². The molecular formula is C21H24N2O3. The number of ether oxygens (including phenoxy) is 1. The molecule has 1 aliphatic carbocycles. The molecule has 1 aliphatic rings. The van der Waals surface area contributed by atoms with Crippen LogP contribution < -0.4 is 15.4 Å². The van der Waals surface area contributed by atoms with E-state index in [0.717, 1.165) is 41.0 Å². The summed E-state index contributed by atoms with van der Waals surface area (Å²) in [7, 11) is 0. The molecule has 0 bridgehead atoms. The first-order chi connectivity index (χ1) is 12.5. The van der Waals surface area contributed by atoms with Crippen LogP contribution in [0.2, 0.25) is 0 Å². The van der Waals surface area contributed by atoms with Crippen LogP contribution in [0, 0.1) is 19.8 Å². The number of benzene rings is 2. The van der Waals surface area contributed by atoms with Crippen LogP contribution in [0.5, 0.6) is 5.75 Å². The quantitative estimate of drug-likeness (QED) is 0.803. The second-order valence-corrected chi connectivity index (χ2v) is 6.75. The van der Waals surface area contributed by atoms with Crippen molar-refractivity contribution in [3.8, 4) is 5.75 Å². The predicted octanol–water partition coefficient (Wildman–Crippen LogP) is 3.35. The zero-order chi connectivity index (χ0) is 18.5. The Kier molecular flexibility index (Phi) is 5.56. The van der Waals surface area contributed by atoms with E-state index in [1.807, 2.05) is 56.3 Å². The molecule has 2 aromatic carbocycles. The third-order valence-electron chi connectivity index (χ3n) is 4.39. The molecule has 0 atom stereocenters. The highest BCUT2D eigenvalue weighted by molar-refractivity contribution is 5.94. The molecule has 2 amide bonds. The van der Waals surface area contributed by atoms with Gasteiger partial charge in [0.1, 0.15) is 5.75 Å². The van der Waals surface area contributed by atoms with E-state index in [4.69, 9.17) is 4.74 Å². The Morgan fingerprint density at radius 3 is 2.46 bits per heavy atom. The van der Waals surface area contributed by atoms with Crippen LogP contribution in [-0.2, 0) is 16.1 Å². The standard InChI is InChI=1S/C21H24N2O3/c1-14-5-3-6-15(2)20(14)26-13-19(24)22-12-16-7-4-8-18(11-16)23-21(25)17-9-10-17/h3-8,11,17H,9-10,12-13H2,1-2H3,(H,22,24)(H,23,25). The Labute approximate surface area is 153 Å². The van der Waals surface area contributed by atoms with E-state index in [2.05, 4.69) is 10.6 Å². The highest BCUT2D eigenvalue weighted by Gasteiger charge is 2.29. The first kappa shape index (κ1) is 18.0. The van der Waals surface area contributed by atoms with Crippen LogP contribution in [0.4, 0.5) is 5.69 Å². The molecule has 5 heteroatoms. The van der Waals surface area contributed by atoms with Gasteiger partial charge in [-0.1, -0.05) is 30.3 Å². The lowest BCUT2D eigenvalue weighted by molar-refractivity contribution is -0.123. The summed E-state index contributed by atoms with van der Waals surface area (Å²) in [4.78, 5) is 23.9. The van der Waals surface area contributed by atoms with Gasteiger partial charge in [-0.2, -0.15) is 0 Å². The second kappa shape index (κ2) is 8.04. The van der Waals surface area contributed by atoms with Crippen molar-refractivity contribution in [2.45, 2.75) is 33.2 Å². The molecule has 0 aliphatic heterocycles. The van der Waals surface area contributed by atoms with Crippen molar-refractivity contribution >= 4 is 17.5 Å². The third kappa shape index (κ3) is 4.85. The summed E-state index contributed by atoms with van der Waals surface area (Å²) < 4.78 is 5.66. The van der Waals surface area contributed by atoms with E-state index < -0.39 is 0 Å². The first-order valence-electron chi connectivity index (χ1n) is 8.88. The fourth-order valence-electron chi connectivity index (χ4n) is 2.77. The smallest absolute Gasteiger partial charge is 0.258 e. The Hall–Kier alpha value is -2.82. The van der Waals surface area contributed by atoms with Gasteiger partial charge in [-0.3, -0.25) is 9.59 Å². The van der Waals surface area contributed by atoms with Crippen molar-refractivity contribution in [1.29, 1.82) is 0 Å². The topological polar surface area (TPSA) is 67.4 Å². The number of amides is 2. The van der Waals surface area contributed by atoms with Crippen molar-refractivity contribution in [1.82, 2.24) is 5.32 Å². The molecule has 0 unspecified atom stereocenters. The Balaban J connectivity index is 1.49. The van der Waals surface area contributed by atoms with Gasteiger partial charge in [-0.05, 0) is 55.5 Å². The molecule has 26 heavy (non-hydrogen) atoms. The Morgan fingerprint density at radius 2 is 1.77 bits per heavy atom. The van der Waals surface area contributed by atoms with Crippen LogP contribution >= 0.6 is 0 Å². The van der Waals surface area contributed by atoms with Gasteiger partial charge in [0.25, 0.3) is 5.91 Å². The minimum atomic E-state index is -0.180. The summed E-state index contributed by atoms with van der Waals surface area (Å²) in [6.07, 6.45) is 1.95. The summed E-state index contributed by atoms with van der Waals surface area (Å²) in [5.41, 5.74) is 3.72. The molecule has 0 aromatic heterocycles. The van der Waals surface area contributed by atoms with Crippen molar-refractivity contribution in [2.75, 3.05) is 11.9 Å². The van der Waals surface area contributed by atoms with Crippen molar-refractivity contribution < 1.29 is 14.3 Å². The summed E-state index contributed by atoms with van der Waals surface area (Å²) in [6.45, 7) is 4.29. The summed E-state index contributed by atoms with van der Waals surface area (Å²) >= 11 is 0. The van der Waals surface area contributed by atoms with Crippen molar-refractivity contribution in [3.63, 3.8) is 0 Å². The van der Waals surface area contributed by atoms with Crippen molar-refractivity contribution in [3.05, 3.63) is 59.2 Å². The van der Waals surface area contributed by atoms with E-state index in [1.54, 1.807) is 0 Å². The normalized spacial score (nSPS) is 13.2. The number of carbonyl (C=O) groups excluding carboxylic acids is 2. The highest BCUT2D eigenvalue weighted by atomic mass is 16.5. The zero-order valence-electron chi connectivity index (χ0n) is 15.2. The van der Waals surface area contributed by atoms with Gasteiger partial charge < -0.3 is 15.4 Å². The van der Waals surface area contributed by atoms with Gasteiger partial charge in [-0.25, -0.2) is 0 Å². The molecule has 2 aromatic rings. The molecule has 2 N–H and O–H groups in total. The monoisotopic (exact) mass is 352 g/mol. The number of hydrogen-bond donors (Lipinski definition) is 2. The van der Waals surface area contributed by atoms with E-state index in [-0.39, 0.29) is 24.3 Å². The van der Waals surface area contributed by atoms with Crippen LogP contribution in [0.25, 0.3) is 0 Å². The maximum Gasteiger partial charge on any atom is 0.258 e. The molecule has 5 nitrogen and oxygen atoms in total. The molecule has 1 fully saturated rings. The second-order valence-electron chi connectivity index (χ2n) is 6.75. The number of nitrogens with one attached hydrogen (secondary N) is 2. The molecule has 0 spiro atoms. The number of carbonyl (C=O) groups is 2. The fraction of sp³-hybridized carbons (Fsp3) is 0.333. The number of anilines is 1. The van der Waals surface area contributed by atoms with Gasteiger partial charge in [0.15, 0.2) is 6.61 Å². The maximum atomic E-state index is 12.1. The first-order valence-corrected chi connectivity index (χ1v) is 8.88.